The van der Waals surface area contributed by atoms with Crippen molar-refractivity contribution in [3.63, 3.8) is 0 Å². The molecule has 1 saturated heterocycles. The van der Waals surface area contributed by atoms with Crippen molar-refractivity contribution in [1.82, 2.24) is 14.7 Å². The summed E-state index contributed by atoms with van der Waals surface area (Å²) in [5, 5.41) is 7.85. The van der Waals surface area contributed by atoms with Gasteiger partial charge in [-0.05, 0) is 18.8 Å². The molecule has 1 aliphatic rings. The predicted molar refractivity (Wildman–Crippen MR) is 74.9 cm³/mol. The highest BCUT2D eigenvalue weighted by molar-refractivity contribution is 5.72. The quantitative estimate of drug-likeness (QED) is 0.866. The number of anilines is 1. The minimum atomic E-state index is -0.316. The van der Waals surface area contributed by atoms with Gasteiger partial charge in [-0.1, -0.05) is 13.8 Å². The summed E-state index contributed by atoms with van der Waals surface area (Å²) < 4.78 is 2.01. The Hall–Kier alpha value is -1.72. The SMILES string of the molecule is CC(C)Cn1nccc1NC1CCN(C(N)=O)CC1. The van der Waals surface area contributed by atoms with Gasteiger partial charge in [-0.2, -0.15) is 5.10 Å². The van der Waals surface area contributed by atoms with E-state index in [2.05, 4.69) is 24.3 Å². The van der Waals surface area contributed by atoms with E-state index in [1.54, 1.807) is 4.90 Å². The minimum absolute atomic E-state index is 0.316. The second-order valence-corrected chi connectivity index (χ2v) is 5.54. The van der Waals surface area contributed by atoms with Crippen LogP contribution in [0.5, 0.6) is 0 Å². The van der Waals surface area contributed by atoms with E-state index >= 15 is 0 Å². The molecule has 19 heavy (non-hydrogen) atoms. The summed E-state index contributed by atoms with van der Waals surface area (Å²) >= 11 is 0. The monoisotopic (exact) mass is 265 g/mol. The van der Waals surface area contributed by atoms with Gasteiger partial charge in [0.15, 0.2) is 0 Å². The number of amides is 2. The second-order valence-electron chi connectivity index (χ2n) is 5.54. The van der Waals surface area contributed by atoms with Crippen LogP contribution in [0, 0.1) is 5.92 Å². The fourth-order valence-corrected chi connectivity index (χ4v) is 2.40. The number of carbonyl (C=O) groups is 1. The van der Waals surface area contributed by atoms with Crippen LogP contribution in [0.25, 0.3) is 0 Å². The Morgan fingerprint density at radius 2 is 2.21 bits per heavy atom. The van der Waals surface area contributed by atoms with E-state index in [0.717, 1.165) is 38.3 Å². The molecule has 1 aromatic heterocycles. The fourth-order valence-electron chi connectivity index (χ4n) is 2.40. The minimum Gasteiger partial charge on any atom is -0.367 e. The van der Waals surface area contributed by atoms with Crippen molar-refractivity contribution in [2.75, 3.05) is 18.4 Å². The number of nitrogens with zero attached hydrogens (tertiary/aromatic N) is 3. The largest absolute Gasteiger partial charge is 0.367 e. The molecule has 0 aromatic carbocycles. The maximum atomic E-state index is 11.1. The van der Waals surface area contributed by atoms with Gasteiger partial charge in [0.05, 0.1) is 6.20 Å². The first-order chi connectivity index (χ1) is 9.06. The molecular formula is C13H23N5O. The molecule has 1 aromatic rings. The van der Waals surface area contributed by atoms with Crippen LogP contribution in [0.1, 0.15) is 26.7 Å². The van der Waals surface area contributed by atoms with Gasteiger partial charge in [-0.15, -0.1) is 0 Å². The lowest BCUT2D eigenvalue weighted by molar-refractivity contribution is 0.193. The molecule has 2 rings (SSSR count). The van der Waals surface area contributed by atoms with Crippen LogP contribution in [0.4, 0.5) is 10.6 Å². The average Bonchev–Trinajstić information content (AvgIpc) is 2.76. The maximum Gasteiger partial charge on any atom is 0.314 e. The van der Waals surface area contributed by atoms with Crippen LogP contribution in [0.2, 0.25) is 0 Å². The molecule has 0 bridgehead atoms. The number of nitrogens with two attached hydrogens (primary N) is 1. The highest BCUT2D eigenvalue weighted by Crippen LogP contribution is 2.17. The standard InChI is InChI=1S/C13H23N5O/c1-10(2)9-18-12(3-6-15-18)16-11-4-7-17(8-5-11)13(14)19/h3,6,10-11,16H,4-5,7-9H2,1-2H3,(H2,14,19). The highest BCUT2D eigenvalue weighted by atomic mass is 16.2. The Bertz CT molecular complexity index is 420. The third-order valence-electron chi connectivity index (χ3n) is 3.41. The summed E-state index contributed by atoms with van der Waals surface area (Å²) in [6.07, 6.45) is 3.68. The van der Waals surface area contributed by atoms with Crippen molar-refractivity contribution in [3.05, 3.63) is 12.3 Å². The van der Waals surface area contributed by atoms with Crippen LogP contribution in [0.3, 0.4) is 0 Å². The summed E-state index contributed by atoms with van der Waals surface area (Å²) in [5.74, 6) is 1.63. The number of aromatic nitrogens is 2. The Morgan fingerprint density at radius 3 is 2.79 bits per heavy atom. The molecule has 0 atom stereocenters. The molecule has 0 spiro atoms. The number of rotatable bonds is 4. The average molecular weight is 265 g/mol. The van der Waals surface area contributed by atoms with E-state index < -0.39 is 0 Å². The molecule has 1 fully saturated rings. The smallest absolute Gasteiger partial charge is 0.314 e. The first kappa shape index (κ1) is 13.7. The van der Waals surface area contributed by atoms with Crippen LogP contribution < -0.4 is 11.1 Å². The van der Waals surface area contributed by atoms with Crippen molar-refractivity contribution in [2.45, 2.75) is 39.3 Å². The molecular weight excluding hydrogens is 242 g/mol. The molecule has 0 saturated carbocycles. The normalized spacial score (nSPS) is 16.9. The molecule has 106 valence electrons. The zero-order chi connectivity index (χ0) is 13.8. The first-order valence-electron chi connectivity index (χ1n) is 6.89. The molecule has 6 heteroatoms. The van der Waals surface area contributed by atoms with Crippen molar-refractivity contribution < 1.29 is 4.79 Å². The maximum absolute atomic E-state index is 11.1. The van der Waals surface area contributed by atoms with Gasteiger partial charge in [0, 0.05) is 31.7 Å². The van der Waals surface area contributed by atoms with Crippen molar-refractivity contribution >= 4 is 11.8 Å². The molecule has 0 radical (unpaired) electrons. The van der Waals surface area contributed by atoms with Gasteiger partial charge in [0.1, 0.15) is 5.82 Å². The number of likely N-dealkylation sites (tertiary alicyclic amines) is 1. The summed E-state index contributed by atoms with van der Waals surface area (Å²) in [7, 11) is 0. The zero-order valence-electron chi connectivity index (χ0n) is 11.7. The number of urea groups is 1. The molecule has 3 N–H and O–H groups in total. The first-order valence-corrected chi connectivity index (χ1v) is 6.89. The lowest BCUT2D eigenvalue weighted by Crippen LogP contribution is -2.44. The van der Waals surface area contributed by atoms with Crippen molar-refractivity contribution in [3.8, 4) is 0 Å². The van der Waals surface area contributed by atoms with Crippen LogP contribution in [0.15, 0.2) is 12.3 Å². The van der Waals surface area contributed by atoms with E-state index in [4.69, 9.17) is 5.73 Å². The van der Waals surface area contributed by atoms with Crippen molar-refractivity contribution in [1.29, 1.82) is 0 Å². The topological polar surface area (TPSA) is 76.2 Å². The predicted octanol–water partition coefficient (Wildman–Crippen LogP) is 1.49. The summed E-state index contributed by atoms with van der Waals surface area (Å²) in [6, 6.07) is 2.07. The number of hydrogen-bond donors (Lipinski definition) is 2. The Labute approximate surface area is 113 Å². The van der Waals surface area contributed by atoms with Gasteiger partial charge in [-0.3, -0.25) is 0 Å². The fraction of sp³-hybridized carbons (Fsp3) is 0.692. The number of primary amides is 1. The number of carbonyl (C=O) groups excluding carboxylic acids is 1. The number of nitrogens with one attached hydrogen (secondary N) is 1. The summed E-state index contributed by atoms with van der Waals surface area (Å²) in [6.45, 7) is 6.72. The van der Waals surface area contributed by atoms with Gasteiger partial charge in [-0.25, -0.2) is 9.48 Å². The molecule has 1 aliphatic heterocycles. The van der Waals surface area contributed by atoms with Gasteiger partial charge in [0.2, 0.25) is 0 Å². The molecule has 0 unspecified atom stereocenters. The second kappa shape index (κ2) is 5.95. The summed E-state index contributed by atoms with van der Waals surface area (Å²) in [4.78, 5) is 12.8. The van der Waals surface area contributed by atoms with E-state index in [9.17, 15) is 4.79 Å². The summed E-state index contributed by atoms with van der Waals surface area (Å²) in [5.41, 5.74) is 5.28. The Balaban J connectivity index is 1.89. The Kier molecular flexibility index (Phi) is 4.29. The van der Waals surface area contributed by atoms with E-state index in [1.165, 1.54) is 0 Å². The third kappa shape index (κ3) is 3.62. The van der Waals surface area contributed by atoms with E-state index in [0.29, 0.717) is 12.0 Å². The van der Waals surface area contributed by atoms with Crippen LogP contribution in [-0.4, -0.2) is 39.8 Å². The number of piperidine rings is 1. The zero-order valence-corrected chi connectivity index (χ0v) is 11.7. The molecule has 2 amide bonds. The van der Waals surface area contributed by atoms with E-state index in [1.807, 2.05) is 16.9 Å². The Morgan fingerprint density at radius 1 is 1.53 bits per heavy atom. The van der Waals surface area contributed by atoms with E-state index in [-0.39, 0.29) is 6.03 Å². The van der Waals surface area contributed by atoms with Crippen LogP contribution >= 0.6 is 0 Å². The van der Waals surface area contributed by atoms with Gasteiger partial charge >= 0.3 is 6.03 Å². The third-order valence-corrected chi connectivity index (χ3v) is 3.41. The lowest BCUT2D eigenvalue weighted by atomic mass is 10.1. The van der Waals surface area contributed by atoms with Gasteiger partial charge < -0.3 is 16.0 Å². The molecule has 2 heterocycles. The lowest BCUT2D eigenvalue weighted by Gasteiger charge is -2.31. The van der Waals surface area contributed by atoms with Crippen molar-refractivity contribution in [2.24, 2.45) is 11.7 Å². The molecule has 6 nitrogen and oxygen atoms in total. The van der Waals surface area contributed by atoms with Gasteiger partial charge in [0.25, 0.3) is 0 Å². The van der Waals surface area contributed by atoms with Crippen LogP contribution in [-0.2, 0) is 6.54 Å². The highest BCUT2D eigenvalue weighted by Gasteiger charge is 2.21. The number of hydrogen-bond acceptors (Lipinski definition) is 3. The molecule has 0 aliphatic carbocycles.